The lowest BCUT2D eigenvalue weighted by molar-refractivity contribution is 0.270. The van der Waals surface area contributed by atoms with Gasteiger partial charge in [-0.25, -0.2) is 4.98 Å². The highest BCUT2D eigenvalue weighted by atomic mass is 127. The lowest BCUT2D eigenvalue weighted by Crippen LogP contribution is -2.46. The first-order valence-electron chi connectivity index (χ1n) is 12.4. The Morgan fingerprint density at radius 2 is 1.79 bits per heavy atom. The maximum atomic E-state index is 4.72. The lowest BCUT2D eigenvalue weighted by Gasteiger charge is -2.34. The number of halogens is 1. The molecular formula is C26H40IN7. The quantitative estimate of drug-likeness (QED) is 0.296. The van der Waals surface area contributed by atoms with E-state index in [4.69, 9.17) is 4.98 Å². The fourth-order valence-corrected chi connectivity index (χ4v) is 4.64. The third kappa shape index (κ3) is 6.97. The van der Waals surface area contributed by atoms with E-state index in [2.05, 4.69) is 80.6 Å². The number of nitrogens with zero attached hydrogens (tertiary/aromatic N) is 5. The highest BCUT2D eigenvalue weighted by Crippen LogP contribution is 2.24. The minimum Gasteiger partial charge on any atom is -0.372 e. The molecule has 0 spiro atoms. The topological polar surface area (TPSA) is 59.0 Å². The van der Waals surface area contributed by atoms with Gasteiger partial charge in [0.1, 0.15) is 5.82 Å². The monoisotopic (exact) mass is 577 g/mol. The number of anilines is 2. The van der Waals surface area contributed by atoms with Gasteiger partial charge in [0, 0.05) is 64.7 Å². The largest absolute Gasteiger partial charge is 0.372 e. The highest BCUT2D eigenvalue weighted by molar-refractivity contribution is 14.0. The van der Waals surface area contributed by atoms with E-state index in [1.807, 2.05) is 13.2 Å². The summed E-state index contributed by atoms with van der Waals surface area (Å²) in [6.07, 6.45) is 4.56. The Balaban J connectivity index is 0.00000324. The standard InChI is InChI=1S/C26H39N7.HI/c1-4-31-14-16-33(17-15-31)25-11-10-22(19-28-25)20-29-26(27-3)30-21(2)23-8-7-9-24(18-23)32-12-5-6-13-32;/h7-11,18-19,21H,4-6,12-17,20H2,1-3H3,(H2,27,29,30);1H. The van der Waals surface area contributed by atoms with Crippen molar-refractivity contribution < 1.29 is 0 Å². The molecule has 0 saturated carbocycles. The van der Waals surface area contributed by atoms with E-state index < -0.39 is 0 Å². The number of pyridine rings is 1. The molecule has 2 N–H and O–H groups in total. The molecule has 2 fully saturated rings. The van der Waals surface area contributed by atoms with Crippen LogP contribution in [0.25, 0.3) is 0 Å². The van der Waals surface area contributed by atoms with E-state index in [9.17, 15) is 0 Å². The van der Waals surface area contributed by atoms with Gasteiger partial charge in [-0.3, -0.25) is 4.99 Å². The minimum absolute atomic E-state index is 0. The van der Waals surface area contributed by atoms with E-state index in [1.165, 1.54) is 24.1 Å². The molecule has 2 aliphatic rings. The minimum atomic E-state index is 0. The molecule has 2 aromatic rings. The van der Waals surface area contributed by atoms with Crippen LogP contribution in [0.5, 0.6) is 0 Å². The van der Waals surface area contributed by atoms with Gasteiger partial charge in [-0.05, 0) is 55.6 Å². The Labute approximate surface area is 222 Å². The van der Waals surface area contributed by atoms with E-state index in [0.717, 1.165) is 63.2 Å². The molecule has 0 aliphatic carbocycles. The zero-order chi connectivity index (χ0) is 23.0. The predicted molar refractivity (Wildman–Crippen MR) is 154 cm³/mol. The summed E-state index contributed by atoms with van der Waals surface area (Å²) in [5, 5.41) is 6.97. The maximum Gasteiger partial charge on any atom is 0.191 e. The first kappa shape index (κ1) is 26.5. The predicted octanol–water partition coefficient (Wildman–Crippen LogP) is 3.87. The summed E-state index contributed by atoms with van der Waals surface area (Å²) in [7, 11) is 1.82. The van der Waals surface area contributed by atoms with Gasteiger partial charge in [-0.15, -0.1) is 24.0 Å². The van der Waals surface area contributed by atoms with Gasteiger partial charge in [-0.2, -0.15) is 0 Å². The van der Waals surface area contributed by atoms with Crippen LogP contribution in [0.15, 0.2) is 47.6 Å². The summed E-state index contributed by atoms with van der Waals surface area (Å²) in [4.78, 5) is 16.5. The van der Waals surface area contributed by atoms with Crippen LogP contribution in [-0.2, 0) is 6.54 Å². The molecule has 34 heavy (non-hydrogen) atoms. The van der Waals surface area contributed by atoms with Crippen LogP contribution in [0.4, 0.5) is 11.5 Å². The number of rotatable bonds is 7. The fourth-order valence-electron chi connectivity index (χ4n) is 4.64. The summed E-state index contributed by atoms with van der Waals surface area (Å²) in [5.74, 6) is 1.87. The number of aliphatic imine (C=N–C) groups is 1. The number of hydrogen-bond acceptors (Lipinski definition) is 5. The number of nitrogens with one attached hydrogen (secondary N) is 2. The molecule has 1 aromatic heterocycles. The average molecular weight is 578 g/mol. The van der Waals surface area contributed by atoms with Gasteiger partial charge in [-0.1, -0.05) is 25.1 Å². The molecular weight excluding hydrogens is 537 g/mol. The number of piperazine rings is 1. The highest BCUT2D eigenvalue weighted by Gasteiger charge is 2.17. The van der Waals surface area contributed by atoms with E-state index in [1.54, 1.807) is 0 Å². The lowest BCUT2D eigenvalue weighted by atomic mass is 10.1. The Kier molecular flexibility index (Phi) is 10.2. The third-order valence-electron chi connectivity index (χ3n) is 6.83. The van der Waals surface area contributed by atoms with Gasteiger partial charge in [0.25, 0.3) is 0 Å². The second-order valence-electron chi connectivity index (χ2n) is 9.03. The van der Waals surface area contributed by atoms with Crippen molar-refractivity contribution in [3.05, 3.63) is 53.7 Å². The van der Waals surface area contributed by atoms with Crippen LogP contribution in [0.1, 0.15) is 43.9 Å². The van der Waals surface area contributed by atoms with Crippen molar-refractivity contribution in [2.45, 2.75) is 39.3 Å². The van der Waals surface area contributed by atoms with Crippen molar-refractivity contribution in [3.63, 3.8) is 0 Å². The average Bonchev–Trinajstić information content (AvgIpc) is 3.42. The molecule has 0 bridgehead atoms. The molecule has 186 valence electrons. The molecule has 8 heteroatoms. The zero-order valence-electron chi connectivity index (χ0n) is 20.8. The molecule has 1 atom stereocenters. The molecule has 3 heterocycles. The Hall–Kier alpha value is -2.07. The molecule has 1 unspecified atom stereocenters. The number of hydrogen-bond donors (Lipinski definition) is 2. The van der Waals surface area contributed by atoms with Crippen LogP contribution in [0, 0.1) is 0 Å². The van der Waals surface area contributed by atoms with Crippen molar-refractivity contribution in [1.29, 1.82) is 0 Å². The van der Waals surface area contributed by atoms with Gasteiger partial charge in [0.15, 0.2) is 5.96 Å². The Bertz CT molecular complexity index is 904. The van der Waals surface area contributed by atoms with Crippen molar-refractivity contribution in [1.82, 2.24) is 20.5 Å². The maximum absolute atomic E-state index is 4.72. The van der Waals surface area contributed by atoms with E-state index >= 15 is 0 Å². The molecule has 2 aliphatic heterocycles. The summed E-state index contributed by atoms with van der Waals surface area (Å²) < 4.78 is 0. The zero-order valence-corrected chi connectivity index (χ0v) is 23.2. The number of guanidine groups is 1. The van der Waals surface area contributed by atoms with Crippen molar-refractivity contribution >= 4 is 41.4 Å². The SMILES string of the molecule is CCN1CCN(c2ccc(CNC(=NC)NC(C)c3cccc(N4CCCC4)c3)cn2)CC1.I. The van der Waals surface area contributed by atoms with Crippen LogP contribution in [-0.4, -0.2) is 68.7 Å². The van der Waals surface area contributed by atoms with Crippen LogP contribution in [0.2, 0.25) is 0 Å². The summed E-state index contributed by atoms with van der Waals surface area (Å²) in [5.41, 5.74) is 3.75. The molecule has 4 rings (SSSR count). The molecule has 1 aromatic carbocycles. The summed E-state index contributed by atoms with van der Waals surface area (Å²) in [6, 6.07) is 13.3. The second-order valence-corrected chi connectivity index (χ2v) is 9.03. The second kappa shape index (κ2) is 13.1. The first-order valence-corrected chi connectivity index (χ1v) is 12.4. The first-order chi connectivity index (χ1) is 16.2. The van der Waals surface area contributed by atoms with E-state index in [0.29, 0.717) is 6.54 Å². The van der Waals surface area contributed by atoms with Crippen LogP contribution in [0.3, 0.4) is 0 Å². The van der Waals surface area contributed by atoms with Gasteiger partial charge < -0.3 is 25.3 Å². The van der Waals surface area contributed by atoms with Crippen molar-refractivity contribution in [2.75, 3.05) is 62.7 Å². The van der Waals surface area contributed by atoms with Crippen LogP contribution < -0.4 is 20.4 Å². The van der Waals surface area contributed by atoms with Crippen molar-refractivity contribution in [2.24, 2.45) is 4.99 Å². The normalized spacial score (nSPS) is 17.9. The summed E-state index contributed by atoms with van der Waals surface area (Å²) in [6.45, 7) is 12.9. The van der Waals surface area contributed by atoms with Gasteiger partial charge in [0.2, 0.25) is 0 Å². The molecule has 2 saturated heterocycles. The summed E-state index contributed by atoms with van der Waals surface area (Å²) >= 11 is 0. The number of likely N-dealkylation sites (N-methyl/N-ethyl adjacent to an activating group) is 1. The molecule has 0 amide bonds. The third-order valence-corrected chi connectivity index (χ3v) is 6.83. The number of aromatic nitrogens is 1. The Morgan fingerprint density at radius 3 is 2.44 bits per heavy atom. The van der Waals surface area contributed by atoms with Crippen LogP contribution >= 0.6 is 24.0 Å². The molecule has 0 radical (unpaired) electrons. The number of benzene rings is 1. The van der Waals surface area contributed by atoms with E-state index in [-0.39, 0.29) is 30.0 Å². The Morgan fingerprint density at radius 1 is 1.03 bits per heavy atom. The molecule has 7 nitrogen and oxygen atoms in total. The van der Waals surface area contributed by atoms with Gasteiger partial charge >= 0.3 is 0 Å². The fraction of sp³-hybridized carbons (Fsp3) is 0.538. The van der Waals surface area contributed by atoms with Crippen molar-refractivity contribution in [3.8, 4) is 0 Å². The smallest absolute Gasteiger partial charge is 0.191 e. The van der Waals surface area contributed by atoms with Gasteiger partial charge in [0.05, 0.1) is 6.04 Å².